The van der Waals surface area contributed by atoms with Gasteiger partial charge in [-0.2, -0.15) is 0 Å². The molecular formula is C15H23ClN4O4S2. The van der Waals surface area contributed by atoms with E-state index in [1.54, 1.807) is 24.0 Å². The minimum Gasteiger partial charge on any atom is -0.329 e. The quantitative estimate of drug-likeness (QED) is 0.591. The Hall–Kier alpha value is -1.33. The van der Waals surface area contributed by atoms with Crippen molar-refractivity contribution in [3.8, 4) is 0 Å². The molecule has 1 saturated heterocycles. The Bertz CT molecular complexity index is 745. The van der Waals surface area contributed by atoms with Crippen LogP contribution in [0.15, 0.2) is 29.2 Å². The van der Waals surface area contributed by atoms with Crippen molar-refractivity contribution in [1.82, 2.24) is 9.62 Å². The molecule has 0 spiro atoms. The molecule has 2 rings (SSSR count). The van der Waals surface area contributed by atoms with Gasteiger partial charge in [-0.1, -0.05) is 13.0 Å². The molecule has 1 aliphatic heterocycles. The van der Waals surface area contributed by atoms with Crippen molar-refractivity contribution in [3.05, 3.63) is 24.3 Å². The summed E-state index contributed by atoms with van der Waals surface area (Å²) < 4.78 is 26.6. The third-order valence-corrected chi connectivity index (χ3v) is 6.13. The second-order valence-corrected chi connectivity index (χ2v) is 8.20. The molecule has 0 radical (unpaired) electrons. The lowest BCUT2D eigenvalue weighted by molar-refractivity contribution is -0.135. The Morgan fingerprint density at radius 2 is 2.12 bits per heavy atom. The Morgan fingerprint density at radius 1 is 1.38 bits per heavy atom. The fraction of sp³-hybridized carbons (Fsp3) is 0.467. The first kappa shape index (κ1) is 22.7. The lowest BCUT2D eigenvalue weighted by Gasteiger charge is -2.22. The van der Waals surface area contributed by atoms with Gasteiger partial charge in [0.2, 0.25) is 21.8 Å². The van der Waals surface area contributed by atoms with Gasteiger partial charge < -0.3 is 16.0 Å². The maximum absolute atomic E-state index is 12.5. The molecule has 1 atom stereocenters. The predicted octanol–water partition coefficient (Wildman–Crippen LogP) is 0.595. The van der Waals surface area contributed by atoms with Crippen LogP contribution in [0, 0.1) is 0 Å². The van der Waals surface area contributed by atoms with Crippen LogP contribution in [-0.2, 0) is 19.6 Å². The molecule has 1 heterocycles. The van der Waals surface area contributed by atoms with E-state index in [1.165, 1.54) is 23.9 Å². The zero-order chi connectivity index (χ0) is 18.4. The van der Waals surface area contributed by atoms with Crippen molar-refractivity contribution in [2.24, 2.45) is 5.73 Å². The van der Waals surface area contributed by atoms with Gasteiger partial charge >= 0.3 is 0 Å². The van der Waals surface area contributed by atoms with Gasteiger partial charge in [0, 0.05) is 31.0 Å². The van der Waals surface area contributed by atoms with E-state index in [4.69, 9.17) is 5.73 Å². The number of sulfonamides is 1. The number of anilines is 1. The smallest absolute Gasteiger partial charge is 0.248 e. The monoisotopic (exact) mass is 422 g/mol. The summed E-state index contributed by atoms with van der Waals surface area (Å²) in [7, 11) is -3.68. The van der Waals surface area contributed by atoms with Crippen LogP contribution >= 0.6 is 24.2 Å². The summed E-state index contributed by atoms with van der Waals surface area (Å²) >= 11 is 1.52. The molecule has 1 aromatic rings. The topological polar surface area (TPSA) is 122 Å². The fourth-order valence-electron chi connectivity index (χ4n) is 2.35. The van der Waals surface area contributed by atoms with Crippen LogP contribution in [0.5, 0.6) is 0 Å². The molecule has 1 unspecified atom stereocenters. The number of amides is 2. The van der Waals surface area contributed by atoms with Crippen LogP contribution in [0.3, 0.4) is 0 Å². The predicted molar refractivity (Wildman–Crippen MR) is 105 cm³/mol. The third-order valence-electron chi connectivity index (χ3n) is 3.66. The van der Waals surface area contributed by atoms with Crippen LogP contribution in [-0.4, -0.2) is 55.9 Å². The van der Waals surface area contributed by atoms with E-state index in [-0.39, 0.29) is 42.2 Å². The lowest BCUT2D eigenvalue weighted by Crippen LogP contribution is -2.44. The Labute approximate surface area is 163 Å². The maximum Gasteiger partial charge on any atom is 0.248 e. The normalized spacial score (nSPS) is 16.8. The second-order valence-electron chi connectivity index (χ2n) is 5.44. The summed E-state index contributed by atoms with van der Waals surface area (Å²) in [5, 5.41) is 2.70. The molecule has 0 aliphatic carbocycles. The lowest BCUT2D eigenvalue weighted by atomic mass is 10.2. The molecule has 11 heteroatoms. The number of nitrogens with one attached hydrogen (secondary N) is 2. The first-order valence-corrected chi connectivity index (χ1v) is 10.5. The van der Waals surface area contributed by atoms with Gasteiger partial charge in [-0.15, -0.1) is 24.2 Å². The highest BCUT2D eigenvalue weighted by Gasteiger charge is 2.33. The fourth-order valence-corrected chi connectivity index (χ4v) is 4.63. The van der Waals surface area contributed by atoms with E-state index >= 15 is 0 Å². The number of hydrogen-bond acceptors (Lipinski definition) is 6. The number of nitrogens with two attached hydrogens (primary N) is 1. The van der Waals surface area contributed by atoms with Crippen molar-refractivity contribution < 1.29 is 18.0 Å². The van der Waals surface area contributed by atoms with E-state index in [2.05, 4.69) is 10.0 Å². The Balaban J connectivity index is 0.00000338. The van der Waals surface area contributed by atoms with Crippen LogP contribution in [0.25, 0.3) is 0 Å². The van der Waals surface area contributed by atoms with Crippen LogP contribution in [0.4, 0.5) is 5.69 Å². The van der Waals surface area contributed by atoms with Gasteiger partial charge in [0.05, 0.1) is 10.8 Å². The molecule has 146 valence electrons. The maximum atomic E-state index is 12.5. The van der Waals surface area contributed by atoms with E-state index in [0.717, 1.165) is 0 Å². The summed E-state index contributed by atoms with van der Waals surface area (Å²) in [6, 6.07) is 5.42. The molecule has 1 aromatic carbocycles. The first-order valence-electron chi connectivity index (χ1n) is 7.87. The molecule has 0 aromatic heterocycles. The van der Waals surface area contributed by atoms with Gasteiger partial charge in [0.25, 0.3) is 0 Å². The van der Waals surface area contributed by atoms with Crippen LogP contribution in [0.1, 0.15) is 13.3 Å². The van der Waals surface area contributed by atoms with E-state index in [0.29, 0.717) is 23.7 Å². The number of rotatable bonds is 7. The van der Waals surface area contributed by atoms with E-state index < -0.39 is 16.1 Å². The Morgan fingerprint density at radius 3 is 2.77 bits per heavy atom. The molecule has 1 fully saturated rings. The van der Waals surface area contributed by atoms with E-state index in [9.17, 15) is 18.0 Å². The zero-order valence-electron chi connectivity index (χ0n) is 14.3. The van der Waals surface area contributed by atoms with Crippen LogP contribution < -0.4 is 15.8 Å². The minimum absolute atomic E-state index is 0. The average Bonchev–Trinajstić information content (AvgIpc) is 3.09. The largest absolute Gasteiger partial charge is 0.329 e. The SMILES string of the molecule is CCC(=O)N1CSCC1C(=O)Nc1cccc(S(=O)(=O)NCCN)c1.Cl. The minimum atomic E-state index is -3.68. The number of halogens is 1. The number of hydrogen-bond donors (Lipinski definition) is 3. The Kier molecular flexibility index (Phi) is 8.84. The van der Waals surface area contributed by atoms with Gasteiger partial charge in [0.15, 0.2) is 0 Å². The summed E-state index contributed by atoms with van der Waals surface area (Å²) in [4.78, 5) is 26.0. The average molecular weight is 423 g/mol. The standard InChI is InChI=1S/C15H22N4O4S2.ClH/c1-2-14(20)19-10-24-9-13(19)15(21)18-11-4-3-5-12(8-11)25(22,23)17-7-6-16;/h3-5,8,13,17H,2,6-7,9-10,16H2,1H3,(H,18,21);1H. The molecule has 2 amide bonds. The highest BCUT2D eigenvalue weighted by molar-refractivity contribution is 7.99. The summed E-state index contributed by atoms with van der Waals surface area (Å²) in [6.45, 7) is 2.07. The van der Waals surface area contributed by atoms with Crippen molar-refractivity contribution in [2.45, 2.75) is 24.3 Å². The van der Waals surface area contributed by atoms with Crippen molar-refractivity contribution in [1.29, 1.82) is 0 Å². The first-order chi connectivity index (χ1) is 11.9. The number of thioether (sulfide) groups is 1. The van der Waals surface area contributed by atoms with Crippen LogP contribution in [0.2, 0.25) is 0 Å². The summed E-state index contributed by atoms with van der Waals surface area (Å²) in [6.07, 6.45) is 0.338. The third kappa shape index (κ3) is 5.58. The molecule has 8 nitrogen and oxygen atoms in total. The number of benzene rings is 1. The van der Waals surface area contributed by atoms with Crippen molar-refractivity contribution in [3.63, 3.8) is 0 Å². The molecular weight excluding hydrogens is 400 g/mol. The number of carbonyl (C=O) groups excluding carboxylic acids is 2. The van der Waals surface area contributed by atoms with Gasteiger partial charge in [0.1, 0.15) is 6.04 Å². The molecule has 4 N–H and O–H groups in total. The highest BCUT2D eigenvalue weighted by Crippen LogP contribution is 2.23. The van der Waals surface area contributed by atoms with Gasteiger partial charge in [-0.25, -0.2) is 13.1 Å². The van der Waals surface area contributed by atoms with Crippen molar-refractivity contribution >= 4 is 51.7 Å². The number of nitrogens with zero attached hydrogens (tertiary/aromatic N) is 1. The van der Waals surface area contributed by atoms with Gasteiger partial charge in [-0.05, 0) is 18.2 Å². The summed E-state index contributed by atoms with van der Waals surface area (Å²) in [5.74, 6) is 0.610. The zero-order valence-corrected chi connectivity index (χ0v) is 16.8. The van der Waals surface area contributed by atoms with Gasteiger partial charge in [-0.3, -0.25) is 9.59 Å². The molecule has 1 aliphatic rings. The molecule has 0 bridgehead atoms. The second kappa shape index (κ2) is 10.1. The molecule has 0 saturated carbocycles. The van der Waals surface area contributed by atoms with Crippen molar-refractivity contribution in [2.75, 3.05) is 30.0 Å². The summed E-state index contributed by atoms with van der Waals surface area (Å²) in [5.41, 5.74) is 5.67. The molecule has 26 heavy (non-hydrogen) atoms. The highest BCUT2D eigenvalue weighted by atomic mass is 35.5. The van der Waals surface area contributed by atoms with E-state index in [1.807, 2.05) is 0 Å². The number of carbonyl (C=O) groups is 2.